The van der Waals surface area contributed by atoms with E-state index in [9.17, 15) is 8.42 Å². The van der Waals surface area contributed by atoms with E-state index in [0.29, 0.717) is 6.54 Å². The van der Waals surface area contributed by atoms with Gasteiger partial charge in [-0.25, -0.2) is 13.6 Å². The zero-order chi connectivity index (χ0) is 10.6. The van der Waals surface area contributed by atoms with Crippen LogP contribution in [0.2, 0.25) is 0 Å². The second-order valence-corrected chi connectivity index (χ2v) is 5.36. The molecule has 0 bridgehead atoms. The number of anilines is 1. The van der Waals surface area contributed by atoms with E-state index in [1.807, 2.05) is 24.3 Å². The highest BCUT2D eigenvalue weighted by atomic mass is 79.9. The van der Waals surface area contributed by atoms with Gasteiger partial charge in [-0.1, -0.05) is 12.1 Å². The van der Waals surface area contributed by atoms with Gasteiger partial charge in [0.15, 0.2) is 0 Å². The molecule has 1 rings (SSSR count). The SMILES string of the molecule is NS(=O)(=O)CCNc1ccccc1Br. The van der Waals surface area contributed by atoms with Crippen LogP contribution < -0.4 is 10.5 Å². The molecule has 0 saturated heterocycles. The molecule has 0 aliphatic carbocycles. The van der Waals surface area contributed by atoms with Crippen LogP contribution in [0.15, 0.2) is 28.7 Å². The van der Waals surface area contributed by atoms with E-state index >= 15 is 0 Å². The Morgan fingerprint density at radius 1 is 1.36 bits per heavy atom. The van der Waals surface area contributed by atoms with Crippen molar-refractivity contribution in [2.24, 2.45) is 5.14 Å². The van der Waals surface area contributed by atoms with Crippen molar-refractivity contribution in [3.63, 3.8) is 0 Å². The Hall–Kier alpha value is -0.590. The van der Waals surface area contributed by atoms with E-state index in [-0.39, 0.29) is 5.75 Å². The lowest BCUT2D eigenvalue weighted by atomic mass is 10.3. The highest BCUT2D eigenvalue weighted by molar-refractivity contribution is 9.10. The summed E-state index contributed by atoms with van der Waals surface area (Å²) in [4.78, 5) is 0. The summed E-state index contributed by atoms with van der Waals surface area (Å²) >= 11 is 3.33. The zero-order valence-electron chi connectivity index (χ0n) is 7.40. The first-order valence-electron chi connectivity index (χ1n) is 3.98. The Bertz CT molecular complexity index is 406. The van der Waals surface area contributed by atoms with Gasteiger partial charge in [0.1, 0.15) is 0 Å². The van der Waals surface area contributed by atoms with Gasteiger partial charge in [0, 0.05) is 16.7 Å². The van der Waals surface area contributed by atoms with E-state index in [1.54, 1.807) is 0 Å². The molecule has 0 saturated carbocycles. The lowest BCUT2D eigenvalue weighted by molar-refractivity contribution is 0.598. The summed E-state index contributed by atoms with van der Waals surface area (Å²) < 4.78 is 22.2. The van der Waals surface area contributed by atoms with Crippen molar-refractivity contribution in [2.75, 3.05) is 17.6 Å². The molecule has 0 aliphatic rings. The van der Waals surface area contributed by atoms with Crippen LogP contribution in [0, 0.1) is 0 Å². The van der Waals surface area contributed by atoms with Crippen LogP contribution >= 0.6 is 15.9 Å². The largest absolute Gasteiger partial charge is 0.383 e. The van der Waals surface area contributed by atoms with Crippen LogP contribution in [-0.2, 0) is 10.0 Å². The minimum atomic E-state index is -3.38. The van der Waals surface area contributed by atoms with Gasteiger partial charge in [-0.3, -0.25) is 0 Å². The number of sulfonamides is 1. The van der Waals surface area contributed by atoms with Crippen LogP contribution in [0.4, 0.5) is 5.69 Å². The van der Waals surface area contributed by atoms with Crippen molar-refractivity contribution in [1.29, 1.82) is 0 Å². The minimum absolute atomic E-state index is 0.0751. The average Bonchev–Trinajstić information content (AvgIpc) is 2.06. The van der Waals surface area contributed by atoms with Crippen LogP contribution in [0.3, 0.4) is 0 Å². The molecule has 6 heteroatoms. The number of rotatable bonds is 4. The van der Waals surface area contributed by atoms with E-state index in [1.165, 1.54) is 0 Å². The second-order valence-electron chi connectivity index (χ2n) is 2.77. The number of benzene rings is 1. The predicted molar refractivity (Wildman–Crippen MR) is 60.6 cm³/mol. The Labute approximate surface area is 91.7 Å². The van der Waals surface area contributed by atoms with Crippen molar-refractivity contribution >= 4 is 31.6 Å². The van der Waals surface area contributed by atoms with E-state index in [2.05, 4.69) is 21.2 Å². The van der Waals surface area contributed by atoms with Gasteiger partial charge in [-0.15, -0.1) is 0 Å². The van der Waals surface area contributed by atoms with Crippen LogP contribution in [0.1, 0.15) is 0 Å². The Balaban J connectivity index is 2.51. The summed E-state index contributed by atoms with van der Waals surface area (Å²) in [5.74, 6) is -0.0751. The number of hydrogen-bond donors (Lipinski definition) is 2. The molecule has 0 unspecified atom stereocenters. The van der Waals surface area contributed by atoms with Crippen molar-refractivity contribution in [3.05, 3.63) is 28.7 Å². The summed E-state index contributed by atoms with van der Waals surface area (Å²) in [6, 6.07) is 7.48. The summed E-state index contributed by atoms with van der Waals surface area (Å²) in [5, 5.41) is 7.82. The third kappa shape index (κ3) is 4.08. The van der Waals surface area contributed by atoms with Gasteiger partial charge in [-0.2, -0.15) is 0 Å². The molecule has 0 fully saturated rings. The quantitative estimate of drug-likeness (QED) is 0.868. The van der Waals surface area contributed by atoms with Crippen LogP contribution in [0.25, 0.3) is 0 Å². The maximum Gasteiger partial charge on any atom is 0.210 e. The van der Waals surface area contributed by atoms with Gasteiger partial charge in [-0.05, 0) is 28.1 Å². The topological polar surface area (TPSA) is 72.2 Å². The molecular formula is C8H11BrN2O2S. The summed E-state index contributed by atoms with van der Waals surface area (Å²) in [6.07, 6.45) is 0. The van der Waals surface area contributed by atoms with Crippen molar-refractivity contribution in [3.8, 4) is 0 Å². The normalized spacial score (nSPS) is 11.3. The third-order valence-electron chi connectivity index (χ3n) is 1.58. The fraction of sp³-hybridized carbons (Fsp3) is 0.250. The minimum Gasteiger partial charge on any atom is -0.383 e. The first-order chi connectivity index (χ1) is 6.49. The Kier molecular flexibility index (Phi) is 3.91. The highest BCUT2D eigenvalue weighted by Crippen LogP contribution is 2.20. The van der Waals surface area contributed by atoms with Gasteiger partial charge in [0.2, 0.25) is 10.0 Å². The number of hydrogen-bond acceptors (Lipinski definition) is 3. The first-order valence-corrected chi connectivity index (χ1v) is 6.49. The fourth-order valence-corrected chi connectivity index (χ4v) is 1.74. The standard InChI is InChI=1S/C8H11BrN2O2S/c9-7-3-1-2-4-8(7)11-5-6-14(10,12)13/h1-4,11H,5-6H2,(H2,10,12,13). The molecule has 3 N–H and O–H groups in total. The maximum atomic E-state index is 10.6. The number of para-hydroxylation sites is 1. The molecule has 1 aromatic rings. The number of nitrogens with one attached hydrogen (secondary N) is 1. The maximum absolute atomic E-state index is 10.6. The highest BCUT2D eigenvalue weighted by Gasteiger charge is 2.02. The van der Waals surface area contributed by atoms with Crippen LogP contribution in [0.5, 0.6) is 0 Å². The van der Waals surface area contributed by atoms with Gasteiger partial charge in [0.25, 0.3) is 0 Å². The predicted octanol–water partition coefficient (Wildman–Crippen LogP) is 1.15. The molecule has 0 atom stereocenters. The Morgan fingerprint density at radius 2 is 2.00 bits per heavy atom. The van der Waals surface area contributed by atoms with Gasteiger partial charge in [0.05, 0.1) is 5.75 Å². The molecule has 0 aliphatic heterocycles. The number of halogens is 1. The summed E-state index contributed by atoms with van der Waals surface area (Å²) in [6.45, 7) is 0.307. The lowest BCUT2D eigenvalue weighted by Crippen LogP contribution is -2.22. The first kappa shape index (κ1) is 11.5. The number of nitrogens with two attached hydrogens (primary N) is 1. The Morgan fingerprint density at radius 3 is 2.57 bits per heavy atom. The van der Waals surface area contributed by atoms with Crippen molar-refractivity contribution in [2.45, 2.75) is 0 Å². The molecule has 78 valence electrons. The van der Waals surface area contributed by atoms with E-state index in [4.69, 9.17) is 5.14 Å². The second kappa shape index (κ2) is 4.77. The molecule has 4 nitrogen and oxygen atoms in total. The van der Waals surface area contributed by atoms with Crippen molar-refractivity contribution in [1.82, 2.24) is 0 Å². The van der Waals surface area contributed by atoms with E-state index < -0.39 is 10.0 Å². The zero-order valence-corrected chi connectivity index (χ0v) is 9.81. The van der Waals surface area contributed by atoms with Crippen molar-refractivity contribution < 1.29 is 8.42 Å². The molecule has 0 radical (unpaired) electrons. The lowest BCUT2D eigenvalue weighted by Gasteiger charge is -2.06. The molecular weight excluding hydrogens is 268 g/mol. The van der Waals surface area contributed by atoms with Gasteiger partial charge < -0.3 is 5.32 Å². The van der Waals surface area contributed by atoms with Gasteiger partial charge >= 0.3 is 0 Å². The molecule has 0 aromatic heterocycles. The summed E-state index contributed by atoms with van der Waals surface area (Å²) in [5.41, 5.74) is 0.858. The fourth-order valence-electron chi connectivity index (χ4n) is 0.933. The molecule has 0 heterocycles. The van der Waals surface area contributed by atoms with Crippen LogP contribution in [-0.4, -0.2) is 20.7 Å². The number of primary sulfonamides is 1. The third-order valence-corrected chi connectivity index (χ3v) is 3.04. The molecule has 0 amide bonds. The molecule has 1 aromatic carbocycles. The molecule has 0 spiro atoms. The van der Waals surface area contributed by atoms with E-state index in [0.717, 1.165) is 10.2 Å². The average molecular weight is 279 g/mol. The summed E-state index contributed by atoms with van der Waals surface area (Å²) in [7, 11) is -3.38. The monoisotopic (exact) mass is 278 g/mol. The smallest absolute Gasteiger partial charge is 0.210 e. The molecule has 14 heavy (non-hydrogen) atoms.